The van der Waals surface area contributed by atoms with Gasteiger partial charge in [-0.05, 0) is 83.8 Å². The van der Waals surface area contributed by atoms with Gasteiger partial charge in [-0.3, -0.25) is 4.79 Å². The lowest BCUT2D eigenvalue weighted by atomic mass is 10.0. The molecule has 184 valence electrons. The molecule has 0 atom stereocenters. The first kappa shape index (κ1) is 25.3. The molecule has 0 spiro atoms. The van der Waals surface area contributed by atoms with E-state index in [0.717, 1.165) is 23.2 Å². The number of nitrogens with zero attached hydrogens (tertiary/aromatic N) is 1. The smallest absolute Gasteiger partial charge is 0.264 e. The van der Waals surface area contributed by atoms with E-state index in [9.17, 15) is 9.18 Å². The van der Waals surface area contributed by atoms with Crippen LogP contribution in [0, 0.1) is 5.82 Å². The highest BCUT2D eigenvalue weighted by Crippen LogP contribution is 2.36. The van der Waals surface area contributed by atoms with Crippen LogP contribution in [-0.2, 0) is 24.2 Å². The third-order valence-corrected chi connectivity index (χ3v) is 6.44. The van der Waals surface area contributed by atoms with Gasteiger partial charge >= 0.3 is 0 Å². The van der Waals surface area contributed by atoms with Gasteiger partial charge in [-0.1, -0.05) is 37.3 Å². The number of carbonyl (C=O) groups is 1. The number of halogens is 1. The van der Waals surface area contributed by atoms with Crippen LogP contribution in [0.2, 0.25) is 0 Å². The zero-order valence-corrected chi connectivity index (χ0v) is 21.0. The second-order valence-electron chi connectivity index (χ2n) is 8.12. The second kappa shape index (κ2) is 11.7. The largest absolute Gasteiger partial charge is 0.493 e. The van der Waals surface area contributed by atoms with Crippen molar-refractivity contribution in [3.8, 4) is 11.5 Å². The van der Waals surface area contributed by atoms with E-state index >= 15 is 0 Å². The lowest BCUT2D eigenvalue weighted by Crippen LogP contribution is -2.19. The van der Waals surface area contributed by atoms with Gasteiger partial charge in [0.2, 0.25) is 0 Å². The van der Waals surface area contributed by atoms with Crippen molar-refractivity contribution in [3.05, 3.63) is 106 Å². The summed E-state index contributed by atoms with van der Waals surface area (Å²) in [4.78, 5) is 17.7. The molecule has 0 aromatic heterocycles. The molecule has 0 bridgehead atoms. The number of amidine groups is 1. The number of ether oxygens (including phenoxy) is 2. The van der Waals surface area contributed by atoms with Crippen molar-refractivity contribution in [2.45, 2.75) is 26.4 Å². The number of hydrogen-bond donors (Lipinski definition) is 1. The summed E-state index contributed by atoms with van der Waals surface area (Å²) in [7, 11) is 1.56. The summed E-state index contributed by atoms with van der Waals surface area (Å²) in [6.45, 7) is 6.13. The molecular formula is C29H27FN2O3S. The summed E-state index contributed by atoms with van der Waals surface area (Å²) in [5, 5.41) is 3.36. The van der Waals surface area contributed by atoms with Crippen LogP contribution in [0.1, 0.15) is 29.2 Å². The minimum absolute atomic E-state index is 0.190. The molecule has 5 nitrogen and oxygen atoms in total. The Bertz CT molecular complexity index is 1330. The quantitative estimate of drug-likeness (QED) is 0.265. The van der Waals surface area contributed by atoms with Crippen LogP contribution in [0.5, 0.6) is 11.5 Å². The Hall–Kier alpha value is -3.84. The number of amides is 1. The molecule has 3 aromatic carbocycles. The van der Waals surface area contributed by atoms with Crippen LogP contribution in [0.15, 0.2) is 83.2 Å². The van der Waals surface area contributed by atoms with Gasteiger partial charge in [0, 0.05) is 5.56 Å². The zero-order chi connectivity index (χ0) is 25.5. The number of benzene rings is 3. The molecule has 1 amide bonds. The standard InChI is InChI=1S/C29H27FN2O3S/c1-4-7-22-14-21(16-25(34-3)27(22)35-18-20-8-6-9-23(30)15-20)17-26-28(33)32-29(36-26)31-24-12-10-19(5-2)11-13-24/h4,6,8-17H,1,5,7,18H2,2-3H3,(H,31,32,33)/b26-17-. The Morgan fingerprint density at radius 2 is 1.92 bits per heavy atom. The van der Waals surface area contributed by atoms with Gasteiger partial charge < -0.3 is 14.8 Å². The molecular weight excluding hydrogens is 475 g/mol. The SMILES string of the molecule is C=CCc1cc(/C=C2\SC(=Nc3ccc(CC)cc3)NC2=O)cc(OC)c1OCc1cccc(F)c1. The van der Waals surface area contributed by atoms with E-state index in [-0.39, 0.29) is 18.3 Å². The summed E-state index contributed by atoms with van der Waals surface area (Å²) in [5.74, 6) is 0.556. The summed E-state index contributed by atoms with van der Waals surface area (Å²) in [6.07, 6.45) is 5.06. The molecule has 0 radical (unpaired) electrons. The molecule has 4 rings (SSSR count). The van der Waals surface area contributed by atoms with E-state index < -0.39 is 0 Å². The third-order valence-electron chi connectivity index (χ3n) is 5.53. The van der Waals surface area contributed by atoms with Gasteiger partial charge in [0.15, 0.2) is 16.7 Å². The number of aryl methyl sites for hydroxylation is 1. The van der Waals surface area contributed by atoms with Crippen molar-refractivity contribution >= 4 is 34.6 Å². The summed E-state index contributed by atoms with van der Waals surface area (Å²) in [5.41, 5.74) is 4.36. The molecule has 1 aliphatic rings. The highest BCUT2D eigenvalue weighted by molar-refractivity contribution is 8.18. The molecule has 1 aliphatic heterocycles. The molecule has 0 saturated carbocycles. The predicted octanol–water partition coefficient (Wildman–Crippen LogP) is 6.60. The fraction of sp³-hybridized carbons (Fsp3) is 0.172. The van der Waals surface area contributed by atoms with Gasteiger partial charge in [-0.2, -0.15) is 0 Å². The van der Waals surface area contributed by atoms with Crippen LogP contribution in [0.25, 0.3) is 6.08 Å². The fourth-order valence-corrected chi connectivity index (χ4v) is 4.57. The Morgan fingerprint density at radius 3 is 2.61 bits per heavy atom. The number of rotatable bonds is 9. The highest BCUT2D eigenvalue weighted by atomic mass is 32.2. The summed E-state index contributed by atoms with van der Waals surface area (Å²) < 4.78 is 25.2. The summed E-state index contributed by atoms with van der Waals surface area (Å²) in [6, 6.07) is 18.0. The number of aliphatic imine (C=N–C) groups is 1. The van der Waals surface area contributed by atoms with Gasteiger partial charge in [-0.25, -0.2) is 9.38 Å². The maximum Gasteiger partial charge on any atom is 0.264 e. The van der Waals surface area contributed by atoms with Gasteiger partial charge in [0.1, 0.15) is 12.4 Å². The Balaban J connectivity index is 1.58. The average Bonchev–Trinajstić information content (AvgIpc) is 3.21. The van der Waals surface area contributed by atoms with E-state index in [1.165, 1.54) is 29.5 Å². The molecule has 7 heteroatoms. The highest BCUT2D eigenvalue weighted by Gasteiger charge is 2.24. The molecule has 1 saturated heterocycles. The Labute approximate surface area is 214 Å². The van der Waals surface area contributed by atoms with Gasteiger partial charge in [-0.15, -0.1) is 6.58 Å². The Kier molecular flexibility index (Phi) is 8.23. The first-order valence-electron chi connectivity index (χ1n) is 11.6. The fourth-order valence-electron chi connectivity index (χ4n) is 3.73. The van der Waals surface area contributed by atoms with E-state index in [2.05, 4.69) is 23.8 Å². The van der Waals surface area contributed by atoms with Gasteiger partial charge in [0.25, 0.3) is 5.91 Å². The monoisotopic (exact) mass is 502 g/mol. The van der Waals surface area contributed by atoms with Crippen molar-refractivity contribution < 1.29 is 18.7 Å². The Morgan fingerprint density at radius 1 is 1.11 bits per heavy atom. The van der Waals surface area contributed by atoms with Crippen LogP contribution < -0.4 is 14.8 Å². The maximum absolute atomic E-state index is 13.6. The van der Waals surface area contributed by atoms with Crippen molar-refractivity contribution in [1.29, 1.82) is 0 Å². The maximum atomic E-state index is 13.6. The zero-order valence-electron chi connectivity index (χ0n) is 20.2. The summed E-state index contributed by atoms with van der Waals surface area (Å²) >= 11 is 1.29. The van der Waals surface area contributed by atoms with Gasteiger partial charge in [0.05, 0.1) is 17.7 Å². The van der Waals surface area contributed by atoms with Crippen LogP contribution in [0.3, 0.4) is 0 Å². The number of methoxy groups -OCH3 is 1. The minimum Gasteiger partial charge on any atom is -0.493 e. The van der Waals surface area contributed by atoms with E-state index in [4.69, 9.17) is 9.47 Å². The number of hydrogen-bond acceptors (Lipinski definition) is 5. The number of allylic oxidation sites excluding steroid dienone is 1. The first-order valence-corrected chi connectivity index (χ1v) is 12.4. The van der Waals surface area contributed by atoms with Crippen molar-refractivity contribution in [2.75, 3.05) is 7.11 Å². The number of carbonyl (C=O) groups excluding carboxylic acids is 1. The number of thioether (sulfide) groups is 1. The second-order valence-corrected chi connectivity index (χ2v) is 9.16. The molecule has 1 N–H and O–H groups in total. The molecule has 1 fully saturated rings. The number of nitrogens with one attached hydrogen (secondary N) is 1. The lowest BCUT2D eigenvalue weighted by Gasteiger charge is -2.16. The first-order chi connectivity index (χ1) is 17.5. The van der Waals surface area contributed by atoms with Crippen LogP contribution >= 0.6 is 11.8 Å². The normalized spacial score (nSPS) is 15.2. The molecule has 1 heterocycles. The molecule has 0 aliphatic carbocycles. The topological polar surface area (TPSA) is 59.9 Å². The van der Waals surface area contributed by atoms with E-state index in [1.54, 1.807) is 31.4 Å². The minimum atomic E-state index is -0.315. The van der Waals surface area contributed by atoms with Crippen molar-refractivity contribution in [2.24, 2.45) is 4.99 Å². The van der Waals surface area contributed by atoms with Crippen LogP contribution in [0.4, 0.5) is 10.1 Å². The molecule has 0 unspecified atom stereocenters. The van der Waals surface area contributed by atoms with Crippen molar-refractivity contribution in [3.63, 3.8) is 0 Å². The molecule has 36 heavy (non-hydrogen) atoms. The lowest BCUT2D eigenvalue weighted by molar-refractivity contribution is -0.115. The van der Waals surface area contributed by atoms with E-state index in [1.807, 2.05) is 36.4 Å². The predicted molar refractivity (Wildman–Crippen MR) is 144 cm³/mol. The molecule has 3 aromatic rings. The van der Waals surface area contributed by atoms with E-state index in [0.29, 0.717) is 33.6 Å². The van der Waals surface area contributed by atoms with Crippen molar-refractivity contribution in [1.82, 2.24) is 5.32 Å². The third kappa shape index (κ3) is 6.23. The average molecular weight is 503 g/mol. The van der Waals surface area contributed by atoms with Crippen LogP contribution in [-0.4, -0.2) is 18.2 Å².